The molecule has 0 spiro atoms. The lowest BCUT2D eigenvalue weighted by Gasteiger charge is -2.18. The number of aromatic amines is 1. The Bertz CT molecular complexity index is 1110. The Morgan fingerprint density at radius 2 is 1.50 bits per heavy atom. The van der Waals surface area contributed by atoms with Gasteiger partial charge in [-0.25, -0.2) is 8.78 Å². The van der Waals surface area contributed by atoms with Crippen LogP contribution in [0.1, 0.15) is 5.56 Å². The van der Waals surface area contributed by atoms with E-state index < -0.39 is 30.6 Å². The summed E-state index contributed by atoms with van der Waals surface area (Å²) in [4.78, 5) is 15.9. The van der Waals surface area contributed by atoms with Crippen LogP contribution in [0.2, 0.25) is 0 Å². The number of H-pyrrole nitrogens is 1. The first-order valence-electron chi connectivity index (χ1n) is 9.53. The average Bonchev–Trinajstić information content (AvgIpc) is 3.16. The molecule has 0 aliphatic rings. The molecule has 3 N–H and O–H groups in total. The zero-order valence-electron chi connectivity index (χ0n) is 16.0. The molecule has 4 rings (SSSR count). The second kappa shape index (κ2) is 8.51. The van der Waals surface area contributed by atoms with E-state index in [2.05, 4.69) is 4.98 Å². The normalized spacial score (nSPS) is 12.0. The molecule has 0 radical (unpaired) electrons. The van der Waals surface area contributed by atoms with Gasteiger partial charge < -0.3 is 15.4 Å². The van der Waals surface area contributed by atoms with Gasteiger partial charge in [-0.2, -0.15) is 0 Å². The summed E-state index contributed by atoms with van der Waals surface area (Å²) in [6.07, 6.45) is 2.12. The summed E-state index contributed by atoms with van der Waals surface area (Å²) in [5, 5.41) is 0.995. The van der Waals surface area contributed by atoms with Crippen LogP contribution in [-0.2, 0) is 15.9 Å². The van der Waals surface area contributed by atoms with Gasteiger partial charge in [0, 0.05) is 23.5 Å². The maximum atomic E-state index is 13.4. The van der Waals surface area contributed by atoms with Gasteiger partial charge >= 0.3 is 12.9 Å². The lowest BCUT2D eigenvalue weighted by atomic mass is 9.55. The summed E-state index contributed by atoms with van der Waals surface area (Å²) in [7, 11) is 0. The van der Waals surface area contributed by atoms with Crippen molar-refractivity contribution in [1.29, 1.82) is 0 Å². The summed E-state index contributed by atoms with van der Waals surface area (Å²) < 4.78 is 32.4. The molecule has 0 fully saturated rings. The molecule has 4 nitrogen and oxygen atoms in total. The summed E-state index contributed by atoms with van der Waals surface area (Å²) >= 11 is 0. The molecule has 4 aromatic rings. The van der Waals surface area contributed by atoms with Crippen molar-refractivity contribution in [3.63, 3.8) is 0 Å². The fourth-order valence-corrected chi connectivity index (χ4v) is 3.43. The van der Waals surface area contributed by atoms with Crippen molar-refractivity contribution in [3.8, 4) is 0 Å². The summed E-state index contributed by atoms with van der Waals surface area (Å²) in [5.41, 5.74) is 9.15. The highest BCUT2D eigenvalue weighted by Gasteiger charge is 2.29. The topological polar surface area (TPSA) is 68.1 Å². The Morgan fingerprint density at radius 3 is 2.10 bits per heavy atom. The quantitative estimate of drug-likeness (QED) is 0.486. The molecule has 150 valence electrons. The van der Waals surface area contributed by atoms with Crippen LogP contribution >= 0.6 is 0 Å². The van der Waals surface area contributed by atoms with E-state index in [0.717, 1.165) is 16.5 Å². The number of halogens is 2. The number of fused-ring (bicyclic) bond motifs is 1. The molecule has 30 heavy (non-hydrogen) atoms. The van der Waals surface area contributed by atoms with Crippen molar-refractivity contribution < 1.29 is 18.2 Å². The summed E-state index contributed by atoms with van der Waals surface area (Å²) in [5.74, 6) is -1.41. The molecule has 0 saturated carbocycles. The first-order chi connectivity index (χ1) is 14.5. The Labute approximate surface area is 172 Å². The van der Waals surface area contributed by atoms with Crippen LogP contribution in [0, 0.1) is 11.6 Å². The predicted octanol–water partition coefficient (Wildman–Crippen LogP) is 2.67. The molecule has 0 aliphatic heterocycles. The van der Waals surface area contributed by atoms with E-state index in [0.29, 0.717) is 17.3 Å². The fraction of sp³-hybridized carbons (Fsp3) is 0.0870. The number of nitrogens with two attached hydrogens (primary N) is 1. The molecular weight excluding hydrogens is 385 g/mol. The third-order valence-corrected chi connectivity index (χ3v) is 5.00. The standard InChI is InChI=1S/C23H19BF2N2O2/c25-18-9-5-16(6-10-18)24(17-7-11-19(26)12-8-17)30-23(29)21(27)13-15-14-28-22-4-2-1-3-20(15)22/h1-12,14,21,28H,13,27H2/t21-/m0/s1. The van der Waals surface area contributed by atoms with Gasteiger partial charge in [-0.1, -0.05) is 42.5 Å². The molecule has 1 aromatic heterocycles. The Kier molecular flexibility index (Phi) is 5.63. The summed E-state index contributed by atoms with van der Waals surface area (Å²) in [6, 6.07) is 18.1. The molecule has 0 bridgehead atoms. The number of para-hydroxylation sites is 1. The molecule has 1 atom stereocenters. The monoisotopic (exact) mass is 404 g/mol. The largest absolute Gasteiger partial charge is 0.525 e. The van der Waals surface area contributed by atoms with Gasteiger partial charge in [0.05, 0.1) is 0 Å². The number of hydrogen-bond acceptors (Lipinski definition) is 3. The molecule has 3 aromatic carbocycles. The van der Waals surface area contributed by atoms with E-state index in [9.17, 15) is 13.6 Å². The minimum atomic E-state index is -0.896. The van der Waals surface area contributed by atoms with Crippen molar-refractivity contribution in [2.45, 2.75) is 12.5 Å². The number of nitrogens with one attached hydrogen (secondary N) is 1. The second-order valence-electron chi connectivity index (χ2n) is 7.09. The number of hydrogen-bond donors (Lipinski definition) is 2. The third-order valence-electron chi connectivity index (χ3n) is 5.00. The number of rotatable bonds is 6. The predicted molar refractivity (Wildman–Crippen MR) is 114 cm³/mol. The lowest BCUT2D eigenvalue weighted by Crippen LogP contribution is -2.49. The van der Waals surface area contributed by atoms with Crippen molar-refractivity contribution in [3.05, 3.63) is 96.2 Å². The minimum absolute atomic E-state index is 0.294. The molecule has 0 unspecified atom stereocenters. The van der Waals surface area contributed by atoms with Crippen molar-refractivity contribution >= 4 is 34.7 Å². The number of carbonyl (C=O) groups excluding carboxylic acids is 1. The van der Waals surface area contributed by atoms with Crippen LogP contribution < -0.4 is 16.7 Å². The van der Waals surface area contributed by atoms with E-state index in [1.54, 1.807) is 0 Å². The van der Waals surface area contributed by atoms with Gasteiger partial charge in [0.15, 0.2) is 0 Å². The highest BCUT2D eigenvalue weighted by Crippen LogP contribution is 2.19. The Hall–Kier alpha value is -3.45. The van der Waals surface area contributed by atoms with E-state index in [4.69, 9.17) is 10.4 Å². The number of benzene rings is 3. The van der Waals surface area contributed by atoms with Crippen LogP contribution in [0.4, 0.5) is 8.78 Å². The van der Waals surface area contributed by atoms with Gasteiger partial charge in [0.2, 0.25) is 0 Å². The van der Waals surface area contributed by atoms with Crippen molar-refractivity contribution in [1.82, 2.24) is 4.98 Å². The average molecular weight is 404 g/mol. The Balaban J connectivity index is 1.56. The molecule has 1 heterocycles. The van der Waals surface area contributed by atoms with E-state index in [-0.39, 0.29) is 0 Å². The van der Waals surface area contributed by atoms with E-state index in [1.165, 1.54) is 48.5 Å². The van der Waals surface area contributed by atoms with Gasteiger partial charge in [0.1, 0.15) is 17.7 Å². The SMILES string of the molecule is N[C@@H](Cc1c[nH]c2ccccc12)C(=O)OB(c1ccc(F)cc1)c1ccc(F)cc1. The molecule has 0 amide bonds. The maximum Gasteiger partial charge on any atom is 0.429 e. The summed E-state index contributed by atoms with van der Waals surface area (Å²) in [6.45, 7) is -0.826. The van der Waals surface area contributed by atoms with Crippen LogP contribution in [0.5, 0.6) is 0 Å². The first-order valence-corrected chi connectivity index (χ1v) is 9.53. The van der Waals surface area contributed by atoms with Gasteiger partial charge in [-0.3, -0.25) is 4.79 Å². The van der Waals surface area contributed by atoms with Crippen LogP contribution in [0.3, 0.4) is 0 Å². The van der Waals surface area contributed by atoms with Gasteiger partial charge in [-0.15, -0.1) is 0 Å². The van der Waals surface area contributed by atoms with E-state index in [1.807, 2.05) is 30.5 Å². The maximum absolute atomic E-state index is 13.4. The molecule has 0 saturated heterocycles. The molecule has 7 heteroatoms. The van der Waals surface area contributed by atoms with Crippen LogP contribution in [0.25, 0.3) is 10.9 Å². The van der Waals surface area contributed by atoms with Crippen LogP contribution in [0.15, 0.2) is 79.0 Å². The molecule has 0 aliphatic carbocycles. The minimum Gasteiger partial charge on any atom is -0.525 e. The highest BCUT2D eigenvalue weighted by molar-refractivity contribution is 6.81. The Morgan fingerprint density at radius 1 is 0.933 bits per heavy atom. The van der Waals surface area contributed by atoms with E-state index >= 15 is 0 Å². The lowest BCUT2D eigenvalue weighted by molar-refractivity contribution is -0.135. The zero-order chi connectivity index (χ0) is 21.1. The van der Waals surface area contributed by atoms with Crippen LogP contribution in [-0.4, -0.2) is 23.9 Å². The zero-order valence-corrected chi connectivity index (χ0v) is 16.0. The first kappa shape index (κ1) is 19.9. The third kappa shape index (κ3) is 4.26. The van der Waals surface area contributed by atoms with Gasteiger partial charge in [-0.05, 0) is 46.8 Å². The number of carbonyl (C=O) groups is 1. The van der Waals surface area contributed by atoms with Crippen molar-refractivity contribution in [2.24, 2.45) is 5.73 Å². The van der Waals surface area contributed by atoms with Crippen molar-refractivity contribution in [2.75, 3.05) is 0 Å². The smallest absolute Gasteiger partial charge is 0.429 e. The molecular formula is C23H19BF2N2O2. The number of aromatic nitrogens is 1. The highest BCUT2D eigenvalue weighted by atomic mass is 19.1. The van der Waals surface area contributed by atoms with Gasteiger partial charge in [0.25, 0.3) is 0 Å². The second-order valence-corrected chi connectivity index (χ2v) is 7.09. The fourth-order valence-electron chi connectivity index (χ4n) is 3.43.